The fraction of sp³-hybridized carbons (Fsp3) is 0.333. The third-order valence-corrected chi connectivity index (χ3v) is 5.34. The standard InChI is InChI=1S/C24H26N2O4/c1-17(27)25-20-10-8-18(9-11-20)22-16-19-6-5-7-21(23(19)30-22)24(28)29-15-14-26-12-3-2-4-13-26/h5-11,16H,2-4,12-15H2,1H3,(H,25,27). The maximum Gasteiger partial charge on any atom is 0.342 e. The average molecular weight is 406 g/mol. The maximum absolute atomic E-state index is 12.7. The molecule has 3 aromatic rings. The average Bonchev–Trinajstić information content (AvgIpc) is 3.19. The van der Waals surface area contributed by atoms with Gasteiger partial charge >= 0.3 is 5.97 Å². The van der Waals surface area contributed by atoms with Crippen molar-refractivity contribution in [2.45, 2.75) is 26.2 Å². The van der Waals surface area contributed by atoms with Gasteiger partial charge in [0, 0.05) is 30.1 Å². The van der Waals surface area contributed by atoms with Crippen LogP contribution >= 0.6 is 0 Å². The van der Waals surface area contributed by atoms with E-state index in [4.69, 9.17) is 9.15 Å². The number of para-hydroxylation sites is 1. The molecule has 0 bridgehead atoms. The molecular formula is C24H26N2O4. The number of piperidine rings is 1. The Morgan fingerprint density at radius 2 is 1.83 bits per heavy atom. The van der Waals surface area contributed by atoms with Crippen LogP contribution in [0.4, 0.5) is 5.69 Å². The van der Waals surface area contributed by atoms with Crippen molar-refractivity contribution < 1.29 is 18.7 Å². The molecule has 156 valence electrons. The van der Waals surface area contributed by atoms with Gasteiger partial charge in [-0.1, -0.05) is 18.6 Å². The van der Waals surface area contributed by atoms with Gasteiger partial charge in [0.15, 0.2) is 0 Å². The number of carbonyl (C=O) groups is 2. The van der Waals surface area contributed by atoms with Gasteiger partial charge in [-0.2, -0.15) is 0 Å². The summed E-state index contributed by atoms with van der Waals surface area (Å²) in [7, 11) is 0. The third-order valence-electron chi connectivity index (χ3n) is 5.34. The highest BCUT2D eigenvalue weighted by atomic mass is 16.5. The normalized spacial score (nSPS) is 14.6. The van der Waals surface area contributed by atoms with Crippen LogP contribution in [-0.2, 0) is 9.53 Å². The van der Waals surface area contributed by atoms with E-state index in [0.29, 0.717) is 23.5 Å². The van der Waals surface area contributed by atoms with E-state index in [-0.39, 0.29) is 11.9 Å². The summed E-state index contributed by atoms with van der Waals surface area (Å²) in [6.07, 6.45) is 3.72. The Hall–Kier alpha value is -3.12. The van der Waals surface area contributed by atoms with Crippen LogP contribution in [0.25, 0.3) is 22.3 Å². The van der Waals surface area contributed by atoms with Crippen LogP contribution in [0.5, 0.6) is 0 Å². The fourth-order valence-corrected chi connectivity index (χ4v) is 3.82. The molecule has 1 aliphatic rings. The van der Waals surface area contributed by atoms with Crippen LogP contribution in [-0.4, -0.2) is 43.0 Å². The highest BCUT2D eigenvalue weighted by Crippen LogP contribution is 2.31. The van der Waals surface area contributed by atoms with Crippen molar-refractivity contribution in [1.29, 1.82) is 0 Å². The first-order chi connectivity index (χ1) is 14.6. The maximum atomic E-state index is 12.7. The summed E-state index contributed by atoms with van der Waals surface area (Å²) in [5.41, 5.74) is 2.55. The number of hydrogen-bond acceptors (Lipinski definition) is 5. The second-order valence-corrected chi connectivity index (χ2v) is 7.63. The molecule has 1 aromatic heterocycles. The van der Waals surface area contributed by atoms with Crippen LogP contribution in [0.3, 0.4) is 0 Å². The van der Waals surface area contributed by atoms with Gasteiger partial charge in [0.1, 0.15) is 23.5 Å². The highest BCUT2D eigenvalue weighted by molar-refractivity contribution is 6.03. The van der Waals surface area contributed by atoms with Crippen LogP contribution in [0.1, 0.15) is 36.5 Å². The van der Waals surface area contributed by atoms with Gasteiger partial charge in [0.2, 0.25) is 5.91 Å². The summed E-state index contributed by atoms with van der Waals surface area (Å²) in [5, 5.41) is 3.59. The molecule has 0 saturated carbocycles. The van der Waals surface area contributed by atoms with Crippen LogP contribution in [0.15, 0.2) is 52.9 Å². The second kappa shape index (κ2) is 9.13. The van der Waals surface area contributed by atoms with Gasteiger partial charge in [-0.3, -0.25) is 9.69 Å². The number of nitrogens with zero attached hydrogens (tertiary/aromatic N) is 1. The molecule has 2 aromatic carbocycles. The van der Waals surface area contributed by atoms with E-state index in [1.54, 1.807) is 6.07 Å². The number of benzene rings is 2. The van der Waals surface area contributed by atoms with Crippen LogP contribution < -0.4 is 5.32 Å². The molecule has 6 nitrogen and oxygen atoms in total. The smallest absolute Gasteiger partial charge is 0.342 e. The number of esters is 1. The van der Waals surface area contributed by atoms with E-state index in [1.165, 1.54) is 26.2 Å². The molecular weight excluding hydrogens is 380 g/mol. The Balaban J connectivity index is 1.47. The first-order valence-corrected chi connectivity index (χ1v) is 10.4. The van der Waals surface area contributed by atoms with E-state index in [2.05, 4.69) is 10.2 Å². The summed E-state index contributed by atoms with van der Waals surface area (Å²) in [4.78, 5) is 26.2. The summed E-state index contributed by atoms with van der Waals surface area (Å²) < 4.78 is 11.6. The monoisotopic (exact) mass is 406 g/mol. The molecule has 1 saturated heterocycles. The quantitative estimate of drug-likeness (QED) is 0.601. The van der Waals surface area contributed by atoms with Gasteiger partial charge in [-0.15, -0.1) is 0 Å². The Labute approximate surface area is 175 Å². The number of nitrogens with one attached hydrogen (secondary N) is 1. The minimum Gasteiger partial charge on any atom is -0.461 e. The molecule has 4 rings (SSSR count). The van der Waals surface area contributed by atoms with Crippen molar-refractivity contribution in [3.8, 4) is 11.3 Å². The number of ether oxygens (including phenoxy) is 1. The van der Waals surface area contributed by atoms with Crippen molar-refractivity contribution in [2.75, 3.05) is 31.6 Å². The molecule has 0 aliphatic carbocycles. The summed E-state index contributed by atoms with van der Waals surface area (Å²) >= 11 is 0. The molecule has 0 atom stereocenters. The van der Waals surface area contributed by atoms with Crippen molar-refractivity contribution in [2.24, 2.45) is 0 Å². The van der Waals surface area contributed by atoms with E-state index < -0.39 is 0 Å². The van der Waals surface area contributed by atoms with Crippen LogP contribution in [0.2, 0.25) is 0 Å². The molecule has 0 spiro atoms. The lowest BCUT2D eigenvalue weighted by Crippen LogP contribution is -2.33. The number of hydrogen-bond donors (Lipinski definition) is 1. The molecule has 1 aliphatic heterocycles. The molecule has 1 N–H and O–H groups in total. The van der Waals surface area contributed by atoms with Gasteiger partial charge in [-0.25, -0.2) is 4.79 Å². The number of amides is 1. The Morgan fingerprint density at radius 3 is 2.57 bits per heavy atom. The van der Waals surface area contributed by atoms with E-state index in [0.717, 1.165) is 36.3 Å². The van der Waals surface area contributed by atoms with E-state index >= 15 is 0 Å². The molecule has 30 heavy (non-hydrogen) atoms. The van der Waals surface area contributed by atoms with Crippen molar-refractivity contribution in [3.63, 3.8) is 0 Å². The number of rotatable bonds is 6. The predicted octanol–water partition coefficient (Wildman–Crippen LogP) is 4.70. The number of likely N-dealkylation sites (tertiary alicyclic amines) is 1. The fourth-order valence-electron chi connectivity index (χ4n) is 3.82. The minimum absolute atomic E-state index is 0.116. The topological polar surface area (TPSA) is 71.8 Å². The van der Waals surface area contributed by atoms with E-state index in [9.17, 15) is 9.59 Å². The summed E-state index contributed by atoms with van der Waals surface area (Å²) in [6, 6.07) is 14.8. The number of carbonyl (C=O) groups excluding carboxylic acids is 2. The second-order valence-electron chi connectivity index (χ2n) is 7.63. The Kier molecular flexibility index (Phi) is 6.14. The molecule has 0 unspecified atom stereocenters. The summed E-state index contributed by atoms with van der Waals surface area (Å²) in [6.45, 7) is 4.78. The third kappa shape index (κ3) is 4.71. The Morgan fingerprint density at radius 1 is 1.07 bits per heavy atom. The lowest BCUT2D eigenvalue weighted by molar-refractivity contribution is -0.114. The van der Waals surface area contributed by atoms with Gasteiger partial charge in [0.05, 0.1) is 0 Å². The molecule has 1 amide bonds. The SMILES string of the molecule is CC(=O)Nc1ccc(-c2cc3cccc(C(=O)OCCN4CCCCC4)c3o2)cc1. The molecule has 1 fully saturated rings. The van der Waals surface area contributed by atoms with Crippen molar-refractivity contribution in [3.05, 3.63) is 54.1 Å². The van der Waals surface area contributed by atoms with Crippen molar-refractivity contribution in [1.82, 2.24) is 4.90 Å². The first kappa shape index (κ1) is 20.2. The van der Waals surface area contributed by atoms with Gasteiger partial charge < -0.3 is 14.5 Å². The predicted molar refractivity (Wildman–Crippen MR) is 117 cm³/mol. The Bertz CT molecular complexity index is 1030. The molecule has 0 radical (unpaired) electrons. The van der Waals surface area contributed by atoms with E-state index in [1.807, 2.05) is 42.5 Å². The van der Waals surface area contributed by atoms with Gasteiger partial charge in [-0.05, 0) is 62.3 Å². The number of furan rings is 1. The summed E-state index contributed by atoms with van der Waals surface area (Å²) in [5.74, 6) is 0.183. The minimum atomic E-state index is -0.362. The lowest BCUT2D eigenvalue weighted by Gasteiger charge is -2.25. The number of anilines is 1. The molecule has 2 heterocycles. The zero-order valence-electron chi connectivity index (χ0n) is 17.1. The largest absolute Gasteiger partial charge is 0.461 e. The lowest BCUT2D eigenvalue weighted by atomic mass is 10.1. The van der Waals surface area contributed by atoms with Gasteiger partial charge in [0.25, 0.3) is 0 Å². The van der Waals surface area contributed by atoms with Crippen molar-refractivity contribution >= 4 is 28.5 Å². The molecule has 6 heteroatoms. The van der Waals surface area contributed by atoms with Crippen LogP contribution in [0, 0.1) is 0 Å². The highest BCUT2D eigenvalue weighted by Gasteiger charge is 2.17. The zero-order chi connectivity index (χ0) is 20.9. The number of fused-ring (bicyclic) bond motifs is 1. The first-order valence-electron chi connectivity index (χ1n) is 10.4. The zero-order valence-corrected chi connectivity index (χ0v) is 17.1.